The predicted octanol–water partition coefficient (Wildman–Crippen LogP) is 5.12. The summed E-state index contributed by atoms with van der Waals surface area (Å²) in [6.45, 7) is 5.10. The van der Waals surface area contributed by atoms with Gasteiger partial charge >= 0.3 is 0 Å². The van der Waals surface area contributed by atoms with Crippen molar-refractivity contribution in [3.8, 4) is 0 Å². The molecule has 0 saturated carbocycles. The van der Waals surface area contributed by atoms with E-state index in [-0.39, 0.29) is 0 Å². The lowest BCUT2D eigenvalue weighted by Crippen LogP contribution is -2.21. The van der Waals surface area contributed by atoms with Crippen molar-refractivity contribution >= 4 is 11.4 Å². The smallest absolute Gasteiger partial charge is 0.0447 e. The van der Waals surface area contributed by atoms with Gasteiger partial charge in [0.05, 0.1) is 0 Å². The monoisotopic (exact) mass is 273 g/mol. The topological polar surface area (TPSA) is 3.24 Å². The minimum atomic E-state index is 0.347. The van der Waals surface area contributed by atoms with Crippen LogP contribution < -0.4 is 4.90 Å². The Labute approximate surface area is 126 Å². The molecule has 0 amide bonds. The van der Waals surface area contributed by atoms with Crippen LogP contribution in [-0.2, 0) is 0 Å². The standard InChI is InChI=1S/C20H19N/c1-17(18-10-8-9-11-18)16-21(19-12-4-2-5-13-19)20-14-6-3-7-15-20/h2-15,18H,1,16H2. The molecule has 0 aromatic heterocycles. The minimum absolute atomic E-state index is 0.347. The highest BCUT2D eigenvalue weighted by Gasteiger charge is 2.14. The molecule has 0 N–H and O–H groups in total. The highest BCUT2D eigenvalue weighted by Crippen LogP contribution is 2.28. The van der Waals surface area contributed by atoms with Crippen molar-refractivity contribution < 1.29 is 0 Å². The fourth-order valence-corrected chi connectivity index (χ4v) is 2.56. The molecule has 0 spiro atoms. The number of nitrogens with zero attached hydrogens (tertiary/aromatic N) is 1. The van der Waals surface area contributed by atoms with Crippen molar-refractivity contribution in [2.45, 2.75) is 0 Å². The van der Waals surface area contributed by atoms with Gasteiger partial charge in [-0.15, -0.1) is 0 Å². The zero-order valence-electron chi connectivity index (χ0n) is 12.0. The van der Waals surface area contributed by atoms with Gasteiger partial charge in [-0.1, -0.05) is 67.3 Å². The lowest BCUT2D eigenvalue weighted by molar-refractivity contribution is 0.903. The van der Waals surface area contributed by atoms with Gasteiger partial charge in [-0.2, -0.15) is 0 Å². The van der Waals surface area contributed by atoms with E-state index in [1.165, 1.54) is 16.9 Å². The number of hydrogen-bond acceptors (Lipinski definition) is 1. The predicted molar refractivity (Wildman–Crippen MR) is 90.8 cm³/mol. The maximum atomic E-state index is 4.28. The van der Waals surface area contributed by atoms with Gasteiger partial charge in [0.1, 0.15) is 0 Å². The summed E-state index contributed by atoms with van der Waals surface area (Å²) in [5, 5.41) is 0. The number of rotatable bonds is 5. The van der Waals surface area contributed by atoms with Crippen molar-refractivity contribution in [3.63, 3.8) is 0 Å². The van der Waals surface area contributed by atoms with Crippen molar-refractivity contribution in [3.05, 3.63) is 97.1 Å². The summed E-state index contributed by atoms with van der Waals surface area (Å²) in [5.74, 6) is 0.347. The first-order chi connectivity index (χ1) is 10.3. The average Bonchev–Trinajstić information content (AvgIpc) is 3.09. The highest BCUT2D eigenvalue weighted by molar-refractivity contribution is 5.64. The molecule has 0 aliphatic heterocycles. The SMILES string of the molecule is C=C(CN(c1ccccc1)c1ccccc1)C1C=CC=C1. The van der Waals surface area contributed by atoms with Crippen molar-refractivity contribution in [1.82, 2.24) is 0 Å². The Hall–Kier alpha value is -2.54. The molecule has 0 bridgehead atoms. The van der Waals surface area contributed by atoms with Gasteiger partial charge in [-0.05, 0) is 29.8 Å². The maximum absolute atomic E-state index is 4.28. The van der Waals surface area contributed by atoms with Crippen LogP contribution in [-0.4, -0.2) is 6.54 Å². The van der Waals surface area contributed by atoms with E-state index in [0.29, 0.717) is 5.92 Å². The molecule has 1 aliphatic carbocycles. The van der Waals surface area contributed by atoms with E-state index in [4.69, 9.17) is 0 Å². The molecule has 0 unspecified atom stereocenters. The third-order valence-corrected chi connectivity index (χ3v) is 3.72. The van der Waals surface area contributed by atoms with Gasteiger partial charge in [0.25, 0.3) is 0 Å². The first-order valence-corrected chi connectivity index (χ1v) is 7.25. The molecule has 1 aliphatic rings. The average molecular weight is 273 g/mol. The summed E-state index contributed by atoms with van der Waals surface area (Å²) in [7, 11) is 0. The lowest BCUT2D eigenvalue weighted by atomic mass is 10.0. The fourth-order valence-electron chi connectivity index (χ4n) is 2.56. The molecular formula is C20H19N. The van der Waals surface area contributed by atoms with Crippen LogP contribution in [0.1, 0.15) is 0 Å². The molecule has 2 aromatic rings. The summed E-state index contributed by atoms with van der Waals surface area (Å²) in [5.41, 5.74) is 3.58. The molecule has 3 rings (SSSR count). The van der Waals surface area contributed by atoms with E-state index in [0.717, 1.165) is 6.54 Å². The van der Waals surface area contributed by atoms with E-state index in [1.807, 2.05) is 12.1 Å². The van der Waals surface area contributed by atoms with Gasteiger partial charge in [-0.25, -0.2) is 0 Å². The molecule has 0 radical (unpaired) electrons. The van der Waals surface area contributed by atoms with Crippen LogP contribution in [0.4, 0.5) is 11.4 Å². The molecular weight excluding hydrogens is 254 g/mol. The molecule has 21 heavy (non-hydrogen) atoms. The Bertz CT molecular complexity index is 601. The van der Waals surface area contributed by atoms with E-state index >= 15 is 0 Å². The Kier molecular flexibility index (Phi) is 4.02. The van der Waals surface area contributed by atoms with Gasteiger partial charge in [-0.3, -0.25) is 0 Å². The number of para-hydroxylation sites is 2. The zero-order valence-corrected chi connectivity index (χ0v) is 12.0. The Balaban J connectivity index is 1.88. The zero-order chi connectivity index (χ0) is 14.5. The third kappa shape index (κ3) is 3.14. The Morgan fingerprint density at radius 2 is 1.29 bits per heavy atom. The quantitative estimate of drug-likeness (QED) is 0.683. The maximum Gasteiger partial charge on any atom is 0.0447 e. The van der Waals surface area contributed by atoms with Crippen LogP contribution in [0.5, 0.6) is 0 Å². The molecule has 0 atom stereocenters. The lowest BCUT2D eigenvalue weighted by Gasteiger charge is -2.27. The van der Waals surface area contributed by atoms with Gasteiger partial charge in [0.2, 0.25) is 0 Å². The first kappa shape index (κ1) is 13.4. The van der Waals surface area contributed by atoms with E-state index in [2.05, 4.69) is 84.3 Å². The van der Waals surface area contributed by atoms with E-state index in [9.17, 15) is 0 Å². The minimum Gasteiger partial charge on any atom is -0.337 e. The van der Waals surface area contributed by atoms with Gasteiger partial charge in [0, 0.05) is 23.8 Å². The number of anilines is 2. The van der Waals surface area contributed by atoms with Gasteiger partial charge in [0.15, 0.2) is 0 Å². The fraction of sp³-hybridized carbons (Fsp3) is 0.100. The van der Waals surface area contributed by atoms with Crippen LogP contribution in [0.15, 0.2) is 97.1 Å². The highest BCUT2D eigenvalue weighted by atomic mass is 15.1. The molecule has 1 heteroatoms. The van der Waals surface area contributed by atoms with E-state index < -0.39 is 0 Å². The molecule has 0 saturated heterocycles. The Morgan fingerprint density at radius 3 is 1.76 bits per heavy atom. The largest absolute Gasteiger partial charge is 0.337 e. The van der Waals surface area contributed by atoms with Gasteiger partial charge < -0.3 is 4.90 Å². The van der Waals surface area contributed by atoms with E-state index in [1.54, 1.807) is 0 Å². The van der Waals surface area contributed by atoms with Crippen molar-refractivity contribution in [1.29, 1.82) is 0 Å². The Morgan fingerprint density at radius 1 is 0.810 bits per heavy atom. The molecule has 104 valence electrons. The summed E-state index contributed by atoms with van der Waals surface area (Å²) in [6.07, 6.45) is 8.56. The molecule has 2 aromatic carbocycles. The van der Waals surface area contributed by atoms with Crippen LogP contribution in [0.25, 0.3) is 0 Å². The molecule has 1 nitrogen and oxygen atoms in total. The van der Waals surface area contributed by atoms with Crippen LogP contribution >= 0.6 is 0 Å². The van der Waals surface area contributed by atoms with Crippen molar-refractivity contribution in [2.75, 3.05) is 11.4 Å². The van der Waals surface area contributed by atoms with Crippen molar-refractivity contribution in [2.24, 2.45) is 5.92 Å². The second-order valence-electron chi connectivity index (χ2n) is 5.21. The number of hydrogen-bond donors (Lipinski definition) is 0. The van der Waals surface area contributed by atoms with Crippen LogP contribution in [0, 0.1) is 5.92 Å². The number of benzene rings is 2. The first-order valence-electron chi connectivity index (χ1n) is 7.25. The van der Waals surface area contributed by atoms with Crippen LogP contribution in [0.2, 0.25) is 0 Å². The summed E-state index contributed by atoms with van der Waals surface area (Å²) >= 11 is 0. The normalized spacial score (nSPS) is 13.5. The third-order valence-electron chi connectivity index (χ3n) is 3.72. The number of allylic oxidation sites excluding steroid dienone is 4. The van der Waals surface area contributed by atoms with Crippen LogP contribution in [0.3, 0.4) is 0 Å². The molecule has 0 fully saturated rings. The summed E-state index contributed by atoms with van der Waals surface area (Å²) < 4.78 is 0. The molecule has 0 heterocycles. The second kappa shape index (κ2) is 6.27. The second-order valence-corrected chi connectivity index (χ2v) is 5.21. The summed E-state index contributed by atoms with van der Waals surface area (Å²) in [6, 6.07) is 20.9. The summed E-state index contributed by atoms with van der Waals surface area (Å²) in [4.78, 5) is 2.31.